The number of hydrogen-bond donors (Lipinski definition) is 1. The van der Waals surface area contributed by atoms with E-state index < -0.39 is 32.8 Å². The highest BCUT2D eigenvalue weighted by Crippen LogP contribution is 2.38. The minimum atomic E-state index is -3.72. The van der Waals surface area contributed by atoms with E-state index in [1.165, 1.54) is 16.8 Å². The third kappa shape index (κ3) is 3.62. The molecule has 2 fully saturated rings. The molecule has 1 atom stereocenters. The van der Waals surface area contributed by atoms with E-state index in [0.29, 0.717) is 36.9 Å². The monoisotopic (exact) mass is 460 g/mol. The predicted molar refractivity (Wildman–Crippen MR) is 115 cm³/mol. The summed E-state index contributed by atoms with van der Waals surface area (Å²) in [6.45, 7) is 0.641. The van der Waals surface area contributed by atoms with Crippen LogP contribution in [0.25, 0.3) is 5.52 Å². The topological polar surface area (TPSA) is 83.8 Å². The van der Waals surface area contributed by atoms with Crippen LogP contribution in [0.1, 0.15) is 54.1 Å². The van der Waals surface area contributed by atoms with Crippen LogP contribution in [0.4, 0.5) is 14.5 Å². The second kappa shape index (κ2) is 7.84. The number of nitrogens with one attached hydrogen (secondary N) is 1. The first-order valence-electron chi connectivity index (χ1n) is 10.6. The lowest BCUT2D eigenvalue weighted by Gasteiger charge is -2.27. The molecule has 168 valence electrons. The maximum absolute atomic E-state index is 14.4. The standard InChI is InChI=1S/C22H22F2N4O3S/c23-14-6-7-19(24)17(11-14)20-5-2-9-27(20)15-8-10-28-21(12-15)18(13-25-28)22(29)26-32(30,31)16-3-1-4-16/h6-8,10-13,16,20H,1-5,9H2,(H,26,29). The molecule has 1 N–H and O–H groups in total. The minimum absolute atomic E-state index is 0.141. The van der Waals surface area contributed by atoms with Crippen molar-refractivity contribution in [1.82, 2.24) is 14.3 Å². The third-order valence-corrected chi connectivity index (χ3v) is 8.20. The van der Waals surface area contributed by atoms with Gasteiger partial charge in [-0.05, 0) is 56.0 Å². The van der Waals surface area contributed by atoms with Gasteiger partial charge in [-0.3, -0.25) is 4.79 Å². The maximum atomic E-state index is 14.4. The van der Waals surface area contributed by atoms with Crippen molar-refractivity contribution in [3.63, 3.8) is 0 Å². The van der Waals surface area contributed by atoms with Crippen LogP contribution in [-0.2, 0) is 10.0 Å². The number of fused-ring (bicyclic) bond motifs is 1. The van der Waals surface area contributed by atoms with Gasteiger partial charge in [0.1, 0.15) is 11.6 Å². The molecule has 2 aliphatic rings. The molecular formula is C22H22F2N4O3S. The first-order valence-corrected chi connectivity index (χ1v) is 12.1. The molecule has 3 heterocycles. The number of benzene rings is 1. The molecule has 1 aromatic carbocycles. The van der Waals surface area contributed by atoms with Gasteiger partial charge in [-0.1, -0.05) is 6.42 Å². The second-order valence-corrected chi connectivity index (χ2v) is 10.3. The van der Waals surface area contributed by atoms with Gasteiger partial charge in [0.15, 0.2) is 0 Å². The zero-order chi connectivity index (χ0) is 22.5. The molecule has 32 heavy (non-hydrogen) atoms. The summed E-state index contributed by atoms with van der Waals surface area (Å²) in [4.78, 5) is 14.7. The van der Waals surface area contributed by atoms with Crippen LogP contribution < -0.4 is 9.62 Å². The van der Waals surface area contributed by atoms with Gasteiger partial charge in [0, 0.05) is 24.0 Å². The molecule has 10 heteroatoms. The molecule has 1 unspecified atom stereocenters. The Kier molecular flexibility index (Phi) is 5.11. The first-order chi connectivity index (χ1) is 15.3. The number of aromatic nitrogens is 2. The van der Waals surface area contributed by atoms with E-state index in [-0.39, 0.29) is 11.6 Å². The van der Waals surface area contributed by atoms with Crippen LogP contribution in [-0.4, -0.2) is 35.7 Å². The zero-order valence-electron chi connectivity index (χ0n) is 17.2. The summed E-state index contributed by atoms with van der Waals surface area (Å²) in [6.07, 6.45) is 6.40. The lowest BCUT2D eigenvalue weighted by Crippen LogP contribution is -2.41. The van der Waals surface area contributed by atoms with Crippen molar-refractivity contribution in [2.75, 3.05) is 11.4 Å². The van der Waals surface area contributed by atoms with Crippen LogP contribution in [0.15, 0.2) is 42.7 Å². The molecular weight excluding hydrogens is 438 g/mol. The Labute approximate surface area is 184 Å². The van der Waals surface area contributed by atoms with Gasteiger partial charge in [-0.2, -0.15) is 5.10 Å². The molecule has 2 aromatic heterocycles. The largest absolute Gasteiger partial charge is 0.364 e. The van der Waals surface area contributed by atoms with Crippen LogP contribution in [0.5, 0.6) is 0 Å². The highest BCUT2D eigenvalue weighted by molar-refractivity contribution is 7.90. The van der Waals surface area contributed by atoms with Crippen LogP contribution in [0, 0.1) is 11.6 Å². The van der Waals surface area contributed by atoms with Gasteiger partial charge in [-0.15, -0.1) is 0 Å². The highest BCUT2D eigenvalue weighted by Gasteiger charge is 2.33. The Balaban J connectivity index is 1.47. The van der Waals surface area contributed by atoms with E-state index in [1.54, 1.807) is 18.3 Å². The molecule has 7 nitrogen and oxygen atoms in total. The summed E-state index contributed by atoms with van der Waals surface area (Å²) in [5.74, 6) is -1.68. The number of pyridine rings is 1. The normalized spacial score (nSPS) is 19.3. The third-order valence-electron chi connectivity index (χ3n) is 6.38. The van der Waals surface area contributed by atoms with Gasteiger partial charge >= 0.3 is 0 Å². The average Bonchev–Trinajstić information content (AvgIpc) is 3.34. The molecule has 0 radical (unpaired) electrons. The number of amides is 1. The van der Waals surface area contributed by atoms with E-state index in [0.717, 1.165) is 30.7 Å². The number of nitrogens with zero attached hydrogens (tertiary/aromatic N) is 3. The molecule has 1 aliphatic heterocycles. The SMILES string of the molecule is O=C(NS(=O)(=O)C1CCC1)c1cnn2ccc(N3CCCC3c3cc(F)ccc3F)cc12. The number of rotatable bonds is 5. The predicted octanol–water partition coefficient (Wildman–Crippen LogP) is 3.57. The van der Waals surface area contributed by atoms with Crippen molar-refractivity contribution < 1.29 is 22.0 Å². The van der Waals surface area contributed by atoms with Crippen molar-refractivity contribution in [3.05, 3.63) is 65.5 Å². The van der Waals surface area contributed by atoms with E-state index >= 15 is 0 Å². The van der Waals surface area contributed by atoms with Gasteiger partial charge in [0.25, 0.3) is 5.91 Å². The van der Waals surface area contributed by atoms with Crippen LogP contribution in [0.2, 0.25) is 0 Å². The molecule has 1 amide bonds. The number of halogens is 2. The summed E-state index contributed by atoms with van der Waals surface area (Å²) < 4.78 is 56.6. The smallest absolute Gasteiger partial charge is 0.268 e. The Morgan fingerprint density at radius 2 is 1.91 bits per heavy atom. The number of carbonyl (C=O) groups excluding carboxylic acids is 1. The molecule has 0 bridgehead atoms. The molecule has 1 aliphatic carbocycles. The van der Waals surface area contributed by atoms with Crippen molar-refractivity contribution in [2.45, 2.75) is 43.4 Å². The van der Waals surface area contributed by atoms with Gasteiger partial charge < -0.3 is 4.90 Å². The fourth-order valence-electron chi connectivity index (χ4n) is 4.44. The fraction of sp³-hybridized carbons (Fsp3) is 0.364. The second-order valence-electron chi connectivity index (χ2n) is 8.32. The Morgan fingerprint density at radius 3 is 2.66 bits per heavy atom. The molecule has 1 saturated carbocycles. The molecule has 0 spiro atoms. The lowest BCUT2D eigenvalue weighted by molar-refractivity contribution is 0.0982. The zero-order valence-corrected chi connectivity index (χ0v) is 18.0. The summed E-state index contributed by atoms with van der Waals surface area (Å²) in [6, 6.07) is 6.63. The number of anilines is 1. The summed E-state index contributed by atoms with van der Waals surface area (Å²) in [7, 11) is -3.72. The van der Waals surface area contributed by atoms with Crippen molar-refractivity contribution in [1.29, 1.82) is 0 Å². The number of sulfonamides is 1. The first kappa shape index (κ1) is 20.9. The quantitative estimate of drug-likeness (QED) is 0.630. The van der Waals surface area contributed by atoms with Gasteiger partial charge in [0.2, 0.25) is 10.0 Å². The highest BCUT2D eigenvalue weighted by atomic mass is 32.2. The van der Waals surface area contributed by atoms with Crippen molar-refractivity contribution in [2.24, 2.45) is 0 Å². The van der Waals surface area contributed by atoms with Crippen LogP contribution >= 0.6 is 0 Å². The Bertz CT molecular complexity index is 1300. The maximum Gasteiger partial charge on any atom is 0.268 e. The van der Waals surface area contributed by atoms with Gasteiger partial charge in [0.05, 0.1) is 28.6 Å². The van der Waals surface area contributed by atoms with Gasteiger partial charge in [-0.25, -0.2) is 26.4 Å². The van der Waals surface area contributed by atoms with E-state index in [9.17, 15) is 22.0 Å². The van der Waals surface area contributed by atoms with E-state index in [4.69, 9.17) is 0 Å². The molecule has 5 rings (SSSR count). The van der Waals surface area contributed by atoms with Crippen molar-refractivity contribution >= 4 is 27.1 Å². The summed E-state index contributed by atoms with van der Waals surface area (Å²) >= 11 is 0. The van der Waals surface area contributed by atoms with E-state index in [2.05, 4.69) is 9.82 Å². The van der Waals surface area contributed by atoms with E-state index in [1.807, 2.05) is 4.90 Å². The minimum Gasteiger partial charge on any atom is -0.364 e. The average molecular weight is 461 g/mol. The molecule has 1 saturated heterocycles. The number of hydrogen-bond acceptors (Lipinski definition) is 5. The fourth-order valence-corrected chi connectivity index (χ4v) is 5.93. The van der Waals surface area contributed by atoms with Crippen LogP contribution in [0.3, 0.4) is 0 Å². The summed E-state index contributed by atoms with van der Waals surface area (Å²) in [5.41, 5.74) is 1.59. The number of carbonyl (C=O) groups is 1. The lowest BCUT2D eigenvalue weighted by atomic mass is 10.0. The molecule has 3 aromatic rings. The van der Waals surface area contributed by atoms with Crippen molar-refractivity contribution in [3.8, 4) is 0 Å². The summed E-state index contributed by atoms with van der Waals surface area (Å²) in [5, 5.41) is 3.62. The Hall–Kier alpha value is -3.01. The Morgan fingerprint density at radius 1 is 1.09 bits per heavy atom.